The van der Waals surface area contributed by atoms with Crippen molar-refractivity contribution >= 4 is 17.7 Å². The van der Waals surface area contributed by atoms with E-state index in [1.165, 1.54) is 6.07 Å². The van der Waals surface area contributed by atoms with E-state index in [1.54, 1.807) is 12.1 Å². The van der Waals surface area contributed by atoms with Crippen molar-refractivity contribution in [1.82, 2.24) is 0 Å². The van der Waals surface area contributed by atoms with Crippen molar-refractivity contribution in [2.45, 2.75) is 12.8 Å². The number of rotatable bonds is 5. The molecule has 0 radical (unpaired) electrons. The molecule has 6 heteroatoms. The number of nitrogens with zero attached hydrogens (tertiary/aromatic N) is 2. The van der Waals surface area contributed by atoms with Crippen LogP contribution in [0.1, 0.15) is 23.2 Å². The van der Waals surface area contributed by atoms with E-state index in [0.29, 0.717) is 23.5 Å². The molecule has 1 fully saturated rings. The van der Waals surface area contributed by atoms with Gasteiger partial charge in [0.2, 0.25) is 0 Å². The van der Waals surface area contributed by atoms with Crippen LogP contribution in [0.2, 0.25) is 0 Å². The van der Waals surface area contributed by atoms with Gasteiger partial charge in [0.05, 0.1) is 4.92 Å². The number of aldehydes is 1. The van der Waals surface area contributed by atoms with Gasteiger partial charge in [-0.1, -0.05) is 0 Å². The Balaban J connectivity index is 2.17. The van der Waals surface area contributed by atoms with Gasteiger partial charge >= 0.3 is 0 Å². The molecule has 1 aromatic carbocycles. The van der Waals surface area contributed by atoms with Crippen molar-refractivity contribution in [3.63, 3.8) is 0 Å². The van der Waals surface area contributed by atoms with E-state index in [4.69, 9.17) is 4.74 Å². The quantitative estimate of drug-likeness (QED) is 0.469. The standard InChI is InChI=1S/C14H18N2O4/c1-15(9-11-4-6-20-7-5-11)13-3-2-12(10-17)8-14(13)16(18)19/h2-3,8,10-11H,4-7,9H2,1H3. The van der Waals surface area contributed by atoms with Crippen LogP contribution in [-0.4, -0.2) is 38.0 Å². The number of nitro benzene ring substituents is 1. The first-order chi connectivity index (χ1) is 9.61. The Bertz CT molecular complexity index is 498. The maximum atomic E-state index is 11.1. The minimum atomic E-state index is -0.442. The van der Waals surface area contributed by atoms with Gasteiger partial charge in [-0.3, -0.25) is 14.9 Å². The fraction of sp³-hybridized carbons (Fsp3) is 0.500. The van der Waals surface area contributed by atoms with Crippen LogP contribution in [0.15, 0.2) is 18.2 Å². The third-order valence-corrected chi connectivity index (χ3v) is 3.62. The summed E-state index contributed by atoms with van der Waals surface area (Å²) in [6.07, 6.45) is 2.57. The van der Waals surface area contributed by atoms with Crippen LogP contribution in [0.25, 0.3) is 0 Å². The second-order valence-corrected chi connectivity index (χ2v) is 5.06. The first-order valence-electron chi connectivity index (χ1n) is 6.64. The predicted octanol–water partition coefficient (Wildman–Crippen LogP) is 2.27. The average Bonchev–Trinajstić information content (AvgIpc) is 2.47. The van der Waals surface area contributed by atoms with Gasteiger partial charge in [-0.2, -0.15) is 0 Å². The van der Waals surface area contributed by atoms with Crippen molar-refractivity contribution in [3.8, 4) is 0 Å². The van der Waals surface area contributed by atoms with E-state index < -0.39 is 4.92 Å². The molecule has 2 rings (SSSR count). The Kier molecular flexibility index (Phi) is 4.68. The lowest BCUT2D eigenvalue weighted by Crippen LogP contribution is -2.29. The molecule has 108 valence electrons. The molecule has 1 saturated heterocycles. The zero-order valence-electron chi connectivity index (χ0n) is 11.4. The van der Waals surface area contributed by atoms with Gasteiger partial charge in [0, 0.05) is 38.4 Å². The summed E-state index contributed by atoms with van der Waals surface area (Å²) < 4.78 is 5.31. The molecule has 20 heavy (non-hydrogen) atoms. The van der Waals surface area contributed by atoms with E-state index in [0.717, 1.165) is 32.6 Å². The molecule has 0 bridgehead atoms. The van der Waals surface area contributed by atoms with Gasteiger partial charge in [0.25, 0.3) is 5.69 Å². The largest absolute Gasteiger partial charge is 0.381 e. The van der Waals surface area contributed by atoms with Gasteiger partial charge < -0.3 is 9.64 Å². The van der Waals surface area contributed by atoms with E-state index >= 15 is 0 Å². The highest BCUT2D eigenvalue weighted by Gasteiger charge is 2.21. The van der Waals surface area contributed by atoms with Crippen molar-refractivity contribution in [2.24, 2.45) is 5.92 Å². The smallest absolute Gasteiger partial charge is 0.293 e. The predicted molar refractivity (Wildman–Crippen MR) is 75.3 cm³/mol. The normalized spacial score (nSPS) is 15.8. The van der Waals surface area contributed by atoms with Gasteiger partial charge in [-0.25, -0.2) is 0 Å². The number of ether oxygens (including phenoxy) is 1. The number of nitro groups is 1. The maximum Gasteiger partial charge on any atom is 0.293 e. The fourth-order valence-electron chi connectivity index (χ4n) is 2.50. The summed E-state index contributed by atoms with van der Waals surface area (Å²) in [6, 6.07) is 4.57. The van der Waals surface area contributed by atoms with Crippen LogP contribution in [0.3, 0.4) is 0 Å². The summed E-state index contributed by atoms with van der Waals surface area (Å²) in [7, 11) is 1.85. The Morgan fingerprint density at radius 1 is 1.45 bits per heavy atom. The third kappa shape index (κ3) is 3.33. The van der Waals surface area contributed by atoms with Crippen LogP contribution in [0.4, 0.5) is 11.4 Å². The van der Waals surface area contributed by atoms with Gasteiger partial charge in [0.1, 0.15) is 12.0 Å². The van der Waals surface area contributed by atoms with Gasteiger partial charge in [-0.15, -0.1) is 0 Å². The number of anilines is 1. The summed E-state index contributed by atoms with van der Waals surface area (Å²) in [4.78, 5) is 23.3. The lowest BCUT2D eigenvalue weighted by molar-refractivity contribution is -0.384. The summed E-state index contributed by atoms with van der Waals surface area (Å²) in [5.74, 6) is 0.485. The Morgan fingerprint density at radius 2 is 2.15 bits per heavy atom. The molecule has 1 heterocycles. The Labute approximate surface area is 117 Å². The SMILES string of the molecule is CN(CC1CCOCC1)c1ccc(C=O)cc1[N+](=O)[O-]. The van der Waals surface area contributed by atoms with Crippen LogP contribution in [0, 0.1) is 16.0 Å². The minimum absolute atomic E-state index is 0.0239. The number of carbonyl (C=O) groups is 1. The minimum Gasteiger partial charge on any atom is -0.381 e. The summed E-state index contributed by atoms with van der Waals surface area (Å²) in [6.45, 7) is 2.26. The maximum absolute atomic E-state index is 11.1. The highest BCUT2D eigenvalue weighted by Crippen LogP contribution is 2.29. The second kappa shape index (κ2) is 6.47. The first kappa shape index (κ1) is 14.5. The number of benzene rings is 1. The summed E-state index contributed by atoms with van der Waals surface area (Å²) in [5, 5.41) is 11.1. The molecular formula is C14H18N2O4. The molecule has 1 aromatic rings. The number of hydrogen-bond donors (Lipinski definition) is 0. The third-order valence-electron chi connectivity index (χ3n) is 3.62. The second-order valence-electron chi connectivity index (χ2n) is 5.06. The van der Waals surface area contributed by atoms with E-state index in [2.05, 4.69) is 0 Å². The summed E-state index contributed by atoms with van der Waals surface area (Å²) >= 11 is 0. The van der Waals surface area contributed by atoms with E-state index in [9.17, 15) is 14.9 Å². The van der Waals surface area contributed by atoms with Crippen molar-refractivity contribution in [1.29, 1.82) is 0 Å². The van der Waals surface area contributed by atoms with E-state index in [1.807, 2.05) is 11.9 Å². The van der Waals surface area contributed by atoms with Crippen LogP contribution in [-0.2, 0) is 4.74 Å². The zero-order valence-corrected chi connectivity index (χ0v) is 11.4. The van der Waals surface area contributed by atoms with Crippen molar-refractivity contribution in [2.75, 3.05) is 31.7 Å². The molecule has 0 spiro atoms. The number of hydrogen-bond acceptors (Lipinski definition) is 5. The van der Waals surface area contributed by atoms with E-state index in [-0.39, 0.29) is 5.69 Å². The molecule has 1 aliphatic rings. The highest BCUT2D eigenvalue weighted by molar-refractivity contribution is 5.79. The Morgan fingerprint density at radius 3 is 2.75 bits per heavy atom. The topological polar surface area (TPSA) is 72.7 Å². The molecule has 0 amide bonds. The average molecular weight is 278 g/mol. The molecule has 0 unspecified atom stereocenters. The highest BCUT2D eigenvalue weighted by atomic mass is 16.6. The van der Waals surface area contributed by atoms with Crippen molar-refractivity contribution in [3.05, 3.63) is 33.9 Å². The molecule has 0 atom stereocenters. The lowest BCUT2D eigenvalue weighted by Gasteiger charge is -2.28. The monoisotopic (exact) mass is 278 g/mol. The molecule has 0 aliphatic carbocycles. The molecule has 6 nitrogen and oxygen atoms in total. The number of carbonyl (C=O) groups excluding carboxylic acids is 1. The van der Waals surface area contributed by atoms with Crippen LogP contribution < -0.4 is 4.90 Å². The molecule has 0 aromatic heterocycles. The molecule has 1 aliphatic heterocycles. The Hall–Kier alpha value is -1.95. The fourth-order valence-corrected chi connectivity index (χ4v) is 2.50. The van der Waals surface area contributed by atoms with Crippen LogP contribution in [0.5, 0.6) is 0 Å². The molecular weight excluding hydrogens is 260 g/mol. The molecule has 0 N–H and O–H groups in total. The van der Waals surface area contributed by atoms with Crippen molar-refractivity contribution < 1.29 is 14.5 Å². The first-order valence-corrected chi connectivity index (χ1v) is 6.64. The zero-order chi connectivity index (χ0) is 14.5. The van der Waals surface area contributed by atoms with Gasteiger partial charge in [-0.05, 0) is 30.9 Å². The van der Waals surface area contributed by atoms with Gasteiger partial charge in [0.15, 0.2) is 0 Å². The molecule has 0 saturated carbocycles. The van der Waals surface area contributed by atoms with Crippen LogP contribution >= 0.6 is 0 Å². The lowest BCUT2D eigenvalue weighted by atomic mass is 9.99. The summed E-state index contributed by atoms with van der Waals surface area (Å²) in [5.41, 5.74) is 0.844.